The van der Waals surface area contributed by atoms with Gasteiger partial charge in [-0.25, -0.2) is 0 Å². The van der Waals surface area contributed by atoms with Gasteiger partial charge in [0.2, 0.25) is 0 Å². The maximum atomic E-state index is 8.24. The minimum absolute atomic E-state index is 0.500. The maximum absolute atomic E-state index is 8.24. The van der Waals surface area contributed by atoms with Gasteiger partial charge in [0, 0.05) is 0 Å². The molecule has 44 valence electrons. The molecular weight excluding hydrogens is 94.0 g/mol. The fourth-order valence-corrected chi connectivity index (χ4v) is 0. The Morgan fingerprint density at radius 1 is 1.43 bits per heavy atom. The topological polar surface area (TPSA) is 41.7 Å². The van der Waals surface area contributed by atoms with Crippen LogP contribution in [0.4, 0.5) is 0 Å². The quantitative estimate of drug-likeness (QED) is 0.363. The molecule has 0 saturated heterocycles. The van der Waals surface area contributed by atoms with Crippen LogP contribution in [0.1, 0.15) is 0 Å². The molecule has 0 spiro atoms. The minimum atomic E-state index is 0.500. The van der Waals surface area contributed by atoms with E-state index in [0.717, 1.165) is 0 Å². The lowest BCUT2D eigenvalue weighted by Crippen LogP contribution is -3.02. The number of nitrogens with one attached hydrogen (secondary N) is 1. The predicted octanol–water partition coefficient (Wildman–Crippen LogP) is -1.63. The Balaban J connectivity index is 0. The maximum Gasteiger partial charge on any atom is 0.0661 e. The van der Waals surface area contributed by atoms with Crippen molar-refractivity contribution in [2.75, 3.05) is 21.1 Å². The molecule has 0 saturated carbocycles. The highest BCUT2D eigenvalue weighted by Crippen LogP contribution is 0.973. The van der Waals surface area contributed by atoms with Crippen molar-refractivity contribution in [3.05, 3.63) is 0 Å². The van der Waals surface area contributed by atoms with Crippen LogP contribution in [0.3, 0.4) is 0 Å². The van der Waals surface area contributed by atoms with Gasteiger partial charge in [-0.3, -0.25) is 0 Å². The zero-order valence-corrected chi connectivity index (χ0v) is 4.86. The van der Waals surface area contributed by atoms with Crippen LogP contribution in [0.25, 0.3) is 0 Å². The zero-order valence-electron chi connectivity index (χ0n) is 4.86. The fourth-order valence-electron chi connectivity index (χ4n) is 0. The van der Waals surface area contributed by atoms with Crippen LogP contribution in [-0.4, -0.2) is 32.7 Å². The molecule has 7 heavy (non-hydrogen) atoms. The van der Waals surface area contributed by atoms with Gasteiger partial charge in [-0.15, -0.1) is 0 Å². The van der Waals surface area contributed by atoms with Gasteiger partial charge in [0.15, 0.2) is 0 Å². The molecule has 0 rings (SSSR count). The molecule has 0 aromatic carbocycles. The van der Waals surface area contributed by atoms with Crippen molar-refractivity contribution >= 4 is 6.47 Å². The first-order valence-electron chi connectivity index (χ1n) is 1.93. The average Bonchev–Trinajstić information content (AvgIpc) is 1.33. The monoisotopic (exact) mass is 105 g/mol. The molecule has 0 amide bonds. The Morgan fingerprint density at radius 3 is 1.43 bits per heavy atom. The van der Waals surface area contributed by atoms with E-state index in [-0.39, 0.29) is 0 Å². The number of quaternary nitrogens is 1. The van der Waals surface area contributed by atoms with E-state index < -0.39 is 0 Å². The van der Waals surface area contributed by atoms with E-state index in [1.807, 2.05) is 0 Å². The van der Waals surface area contributed by atoms with E-state index in [0.29, 0.717) is 6.47 Å². The fraction of sp³-hybridized carbons (Fsp3) is 0.750. The van der Waals surface area contributed by atoms with Crippen molar-refractivity contribution in [3.63, 3.8) is 0 Å². The van der Waals surface area contributed by atoms with Gasteiger partial charge in [-0.05, 0) is 0 Å². The zero-order chi connectivity index (χ0) is 6.28. The highest BCUT2D eigenvalue weighted by Gasteiger charge is 1.61. The summed E-state index contributed by atoms with van der Waals surface area (Å²) in [5.74, 6) is 0. The molecule has 0 aliphatic heterocycles. The van der Waals surface area contributed by atoms with E-state index >= 15 is 0 Å². The third-order valence-corrected chi connectivity index (χ3v) is 0. The first-order chi connectivity index (χ1) is 3.15. The smallest absolute Gasteiger partial charge is 0.0661 e. The van der Waals surface area contributed by atoms with E-state index in [1.54, 1.807) is 0 Å². The van der Waals surface area contributed by atoms with Crippen LogP contribution in [-0.2, 0) is 4.79 Å². The van der Waals surface area contributed by atoms with Gasteiger partial charge >= 0.3 is 0 Å². The summed E-state index contributed by atoms with van der Waals surface area (Å²) in [6.07, 6.45) is 0. The summed E-state index contributed by atoms with van der Waals surface area (Å²) in [5.41, 5.74) is 0. The van der Waals surface area contributed by atoms with Crippen molar-refractivity contribution in [1.82, 2.24) is 0 Å². The van der Waals surface area contributed by atoms with Crippen molar-refractivity contribution < 1.29 is 14.8 Å². The summed E-state index contributed by atoms with van der Waals surface area (Å²) in [5, 5.41) is 6.76. The Kier molecular flexibility index (Phi) is 12.5. The van der Waals surface area contributed by atoms with Gasteiger partial charge in [0.25, 0.3) is 0 Å². The molecule has 0 bridgehead atoms. The number of aliphatic hydroxyl groups excluding tert-OH is 1. The summed E-state index contributed by atoms with van der Waals surface area (Å²) in [6, 6.07) is 0. The molecule has 3 heteroatoms. The third-order valence-electron chi connectivity index (χ3n) is 0. The molecule has 0 aromatic rings. The first-order valence-corrected chi connectivity index (χ1v) is 1.93. The SMILES string of the molecule is C[NH+](C)C.O=[C-]O. The predicted molar refractivity (Wildman–Crippen MR) is 27.1 cm³/mol. The Morgan fingerprint density at radius 2 is 1.43 bits per heavy atom. The molecule has 0 fully saturated rings. The summed E-state index contributed by atoms with van der Waals surface area (Å²) in [4.78, 5) is 9.65. The summed E-state index contributed by atoms with van der Waals surface area (Å²) in [7, 11) is 6.25. The molecule has 0 heterocycles. The highest BCUT2D eigenvalue weighted by molar-refractivity contribution is 5.34. The molecule has 0 atom stereocenters. The Bertz CT molecular complexity index is 33.9. The first kappa shape index (κ1) is 9.66. The van der Waals surface area contributed by atoms with Crippen LogP contribution >= 0.6 is 0 Å². The molecule has 0 unspecified atom stereocenters. The van der Waals surface area contributed by atoms with E-state index in [9.17, 15) is 0 Å². The average molecular weight is 105 g/mol. The van der Waals surface area contributed by atoms with Gasteiger partial charge in [-0.1, -0.05) is 6.47 Å². The molecule has 0 aliphatic carbocycles. The van der Waals surface area contributed by atoms with Crippen LogP contribution in [0, 0.1) is 0 Å². The number of rotatable bonds is 0. The van der Waals surface area contributed by atoms with Gasteiger partial charge in [0.05, 0.1) is 21.1 Å². The van der Waals surface area contributed by atoms with Crippen LogP contribution < -0.4 is 4.90 Å². The van der Waals surface area contributed by atoms with E-state index in [1.165, 1.54) is 4.90 Å². The van der Waals surface area contributed by atoms with Crippen molar-refractivity contribution in [1.29, 1.82) is 0 Å². The van der Waals surface area contributed by atoms with Gasteiger partial charge < -0.3 is 14.8 Å². The van der Waals surface area contributed by atoms with Crippen LogP contribution in [0.5, 0.6) is 0 Å². The molecule has 0 aromatic heterocycles. The molecular formula is C4H11NO2. The largest absolute Gasteiger partial charge is 0.665 e. The second kappa shape index (κ2) is 9.06. The molecule has 2 N–H and O–H groups in total. The van der Waals surface area contributed by atoms with Crippen molar-refractivity contribution in [3.8, 4) is 0 Å². The Labute approximate surface area is 43.6 Å². The number of hydrogen-bond acceptors (Lipinski definition) is 1. The summed E-state index contributed by atoms with van der Waals surface area (Å²) >= 11 is 0. The van der Waals surface area contributed by atoms with E-state index in [2.05, 4.69) is 21.1 Å². The van der Waals surface area contributed by atoms with Gasteiger partial charge in [-0.2, -0.15) is 0 Å². The molecule has 0 radical (unpaired) electrons. The molecule has 3 nitrogen and oxygen atoms in total. The third kappa shape index (κ3) is 197. The summed E-state index contributed by atoms with van der Waals surface area (Å²) in [6.45, 7) is 0.500. The lowest BCUT2D eigenvalue weighted by atomic mass is 11.0. The number of hydrogen-bond donors (Lipinski definition) is 2. The normalized spacial score (nSPS) is 6.86. The van der Waals surface area contributed by atoms with Crippen LogP contribution in [0.2, 0.25) is 0 Å². The molecule has 0 aliphatic rings. The van der Waals surface area contributed by atoms with Crippen molar-refractivity contribution in [2.45, 2.75) is 0 Å². The van der Waals surface area contributed by atoms with Crippen molar-refractivity contribution in [2.24, 2.45) is 0 Å². The summed E-state index contributed by atoms with van der Waals surface area (Å²) < 4.78 is 0. The van der Waals surface area contributed by atoms with E-state index in [4.69, 9.17) is 9.90 Å². The Hall–Kier alpha value is -0.570. The highest BCUT2D eigenvalue weighted by atomic mass is 16.3. The standard InChI is InChI=1S/C3H9N.CHO2/c1-4(2)3;2-1-3/h1-3H3;(H,2,3)/q;-1/p+1. The van der Waals surface area contributed by atoms with Crippen LogP contribution in [0.15, 0.2) is 0 Å². The van der Waals surface area contributed by atoms with Gasteiger partial charge in [0.1, 0.15) is 0 Å². The minimum Gasteiger partial charge on any atom is -0.665 e. The second-order valence-electron chi connectivity index (χ2n) is 1.59. The lowest BCUT2D eigenvalue weighted by Gasteiger charge is -1.88. The lowest BCUT2D eigenvalue weighted by molar-refractivity contribution is -0.836. The second-order valence-corrected chi connectivity index (χ2v) is 1.59.